The van der Waals surface area contributed by atoms with Crippen LogP contribution in [0.2, 0.25) is 15.1 Å². The molecule has 5 aliphatic rings. The minimum absolute atomic E-state index is 0.121. The molecule has 7 N–H and O–H groups in total. The number of hydrogen-bond donors (Lipinski definition) is 6. The monoisotopic (exact) mass is 1600 g/mol. The first-order chi connectivity index (χ1) is 49.3. The van der Waals surface area contributed by atoms with Crippen LogP contribution in [0.1, 0.15) is 115 Å². The van der Waals surface area contributed by atoms with Gasteiger partial charge in [-0.15, -0.1) is 0 Å². The van der Waals surface area contributed by atoms with Crippen molar-refractivity contribution in [2.24, 2.45) is 5.14 Å². The van der Waals surface area contributed by atoms with Gasteiger partial charge in [-0.25, -0.2) is 44.0 Å². The van der Waals surface area contributed by atoms with Gasteiger partial charge in [-0.05, 0) is 211 Å². The predicted molar refractivity (Wildman–Crippen MR) is 434 cm³/mol. The average molecular weight is 1610 g/mol. The molecule has 105 heavy (non-hydrogen) atoms. The van der Waals surface area contributed by atoms with E-state index in [1.54, 1.807) is 47.7 Å². The van der Waals surface area contributed by atoms with Gasteiger partial charge in [0.25, 0.3) is 0 Å². The van der Waals surface area contributed by atoms with Crippen molar-refractivity contribution in [2.75, 3.05) is 90.5 Å². The Morgan fingerprint density at radius 3 is 1.27 bits per heavy atom. The molecule has 10 aromatic rings. The summed E-state index contributed by atoms with van der Waals surface area (Å²) in [6.45, 7) is 7.17. The Labute approximate surface area is 627 Å². The van der Waals surface area contributed by atoms with Crippen LogP contribution in [0.15, 0.2) is 116 Å². The Hall–Kier alpha value is -6.15. The lowest BCUT2D eigenvalue weighted by Crippen LogP contribution is -2.41. The zero-order chi connectivity index (χ0) is 75.9. The second-order valence-electron chi connectivity index (χ2n) is 28.1. The fourth-order valence-corrected chi connectivity index (χ4v) is 20.0. The highest BCUT2D eigenvalue weighted by molar-refractivity contribution is 7.98. The van der Waals surface area contributed by atoms with Crippen LogP contribution in [0.5, 0.6) is 0 Å². The minimum atomic E-state index is -4.34. The number of piperidine rings is 4. The Morgan fingerprint density at radius 1 is 0.429 bits per heavy atom. The van der Waals surface area contributed by atoms with Crippen molar-refractivity contribution in [1.82, 2.24) is 46.4 Å². The number of aromatic amines is 5. The van der Waals surface area contributed by atoms with Crippen molar-refractivity contribution in [2.45, 2.75) is 87.6 Å². The van der Waals surface area contributed by atoms with Crippen molar-refractivity contribution < 1.29 is 47.4 Å². The van der Waals surface area contributed by atoms with Gasteiger partial charge in [0.2, 0.25) is 0 Å². The molecule has 5 aromatic carbocycles. The maximum atomic E-state index is 13.7. The highest BCUT2D eigenvalue weighted by atomic mass is 35.5. The highest BCUT2D eigenvalue weighted by Crippen LogP contribution is 2.41. The molecule has 5 aromatic heterocycles. The highest BCUT2D eigenvalue weighted by Gasteiger charge is 2.33. The summed E-state index contributed by atoms with van der Waals surface area (Å²) >= 11 is 17.7. The molecule has 0 saturated carbocycles. The Bertz CT molecular complexity index is 5320. The maximum absolute atomic E-state index is 13.7. The molecule has 568 valence electrons. The lowest BCUT2D eigenvalue weighted by Gasteiger charge is -2.32. The number of hydrogen-bond acceptors (Lipinski definition) is 5. The second-order valence-corrected chi connectivity index (χ2v) is 41.0. The molecular weight excluding hydrogens is 1520 g/mol. The van der Waals surface area contributed by atoms with E-state index >= 15 is 0 Å². The summed E-state index contributed by atoms with van der Waals surface area (Å²) in [6, 6.07) is 20.8. The number of benzene rings is 5. The van der Waals surface area contributed by atoms with Crippen LogP contribution in [0, 0.1) is 17.5 Å². The second kappa shape index (κ2) is 32.2. The van der Waals surface area contributed by atoms with Gasteiger partial charge >= 0.3 is 6.18 Å². The zero-order valence-electron chi connectivity index (χ0n) is 59.0. The third-order valence-electron chi connectivity index (χ3n) is 20.6. The summed E-state index contributed by atoms with van der Waals surface area (Å²) in [6.07, 6.45) is 22.0. The van der Waals surface area contributed by atoms with E-state index in [2.05, 4.69) is 72.6 Å². The zero-order valence-corrected chi connectivity index (χ0v) is 65.4. The van der Waals surface area contributed by atoms with Crippen LogP contribution >= 0.6 is 34.8 Å². The molecule has 15 rings (SSSR count). The number of fused-ring (bicyclic) bond motifs is 5. The van der Waals surface area contributed by atoms with Crippen molar-refractivity contribution >= 4 is 173 Å². The quantitative estimate of drug-likeness (QED) is 0.0582. The SMILES string of the molecule is C=S(C)(=O)N1CC=C(c2c[nH]c3cc(F)c(Cl)cc23)CC1.C=S(C)(=O)N1CCC(c2c[nH]c3cc(Cl)c(F)cc23)CC1.C=S(C)(=O)N1CCC(c2c[nH]c3cc(Cl)ccc23)CC1.C=S(C)(=O)N1CCC(c2c[nH]c3ccc(C(F)(F)F)cc23)CC1.C=S(N)(=O)N1CCC(c2c[nH]c3cc(F)ccc23)CC1. The van der Waals surface area contributed by atoms with Crippen LogP contribution in [-0.4, -0.2) is 187 Å². The van der Waals surface area contributed by atoms with Crippen LogP contribution in [0.3, 0.4) is 0 Å². The molecule has 5 aliphatic heterocycles. The number of rotatable bonds is 10. The lowest BCUT2D eigenvalue weighted by atomic mass is 9.89. The van der Waals surface area contributed by atoms with Gasteiger partial charge in [0.1, 0.15) is 17.5 Å². The number of nitrogens with zero attached hydrogens (tertiary/aromatic N) is 5. The maximum Gasteiger partial charge on any atom is 0.416 e. The van der Waals surface area contributed by atoms with Gasteiger partial charge < -0.3 is 24.9 Å². The van der Waals surface area contributed by atoms with Gasteiger partial charge in [-0.2, -0.15) is 13.2 Å². The standard InChI is InChI=1S/C16H19F3N2OS.C15H18ClFN2OS.C15H16ClFN2OS.C15H19ClN2OS.C14H18FN3OS/c1-23(2,22)21-7-5-11(6-8-21)14-10-20-15-4-3-12(9-13(14)15)16(17,18)19;1-21(2,20)19-5-3-10(4-6-19)12-9-18-15-8-13(16)14(17)7-11(12)15;1-21(2,20)19-5-3-10(4-6-19)12-9-18-15-8-14(17)13(16)7-11(12)15;1-20(2,19)18-7-5-11(6-8-18)14-10-17-15-9-12(16)3-4-13(14)15;1-20(16,19)18-6-4-10(5-7-18)13-9-17-14-8-11(15)2-3-12(13)14/h3-4,9-11,20H,1,5-8H2,2H3;7-10,18H,1,3-6H2,2H3;3,7-9,18H,1,4-6H2,2H3;3-4,9-11,17H,1,5-8H2,2H3;2-3,8-10,17H,1,4-7H2,(H2,16,19). The first-order valence-electron chi connectivity index (χ1n) is 34.3. The molecule has 0 bridgehead atoms. The van der Waals surface area contributed by atoms with Gasteiger partial charge in [-0.1, -0.05) is 46.9 Å². The van der Waals surface area contributed by atoms with E-state index < -0.39 is 72.1 Å². The van der Waals surface area contributed by atoms with E-state index in [1.165, 1.54) is 52.9 Å². The molecule has 16 nitrogen and oxygen atoms in total. The van der Waals surface area contributed by atoms with E-state index in [0.29, 0.717) is 67.9 Å². The minimum Gasteiger partial charge on any atom is -0.361 e. The van der Waals surface area contributed by atoms with Crippen LogP contribution in [0.25, 0.3) is 60.1 Å². The predicted octanol–water partition coefficient (Wildman–Crippen LogP) is 15.6. The fourth-order valence-electron chi connectivity index (χ4n) is 14.8. The number of aromatic nitrogens is 5. The Balaban J connectivity index is 0.000000131. The van der Waals surface area contributed by atoms with Gasteiger partial charge in [0.05, 0.1) is 25.5 Å². The first kappa shape index (κ1) is 79.9. The summed E-state index contributed by atoms with van der Waals surface area (Å²) in [7, 11) is -11.1. The van der Waals surface area contributed by atoms with Crippen LogP contribution < -0.4 is 5.14 Å². The van der Waals surface area contributed by atoms with Crippen molar-refractivity contribution in [3.8, 4) is 0 Å². The first-order valence-corrected chi connectivity index (χ1v) is 45.6. The van der Waals surface area contributed by atoms with Gasteiger partial charge in [0.15, 0.2) is 0 Å². The molecule has 30 heteroatoms. The Kier molecular flexibility index (Phi) is 24.5. The molecule has 0 spiro atoms. The smallest absolute Gasteiger partial charge is 0.361 e. The van der Waals surface area contributed by atoms with Crippen molar-refractivity contribution in [1.29, 1.82) is 0 Å². The molecule has 5 atom stereocenters. The van der Waals surface area contributed by atoms with E-state index in [9.17, 15) is 47.4 Å². The lowest BCUT2D eigenvalue weighted by molar-refractivity contribution is -0.137. The van der Waals surface area contributed by atoms with Crippen LogP contribution in [-0.2, 0) is 54.9 Å². The van der Waals surface area contributed by atoms with Crippen LogP contribution in [0.4, 0.5) is 26.3 Å². The Morgan fingerprint density at radius 2 is 0.819 bits per heavy atom. The molecule has 0 aliphatic carbocycles. The van der Waals surface area contributed by atoms with Crippen molar-refractivity contribution in [3.05, 3.63) is 182 Å². The fraction of sp³-hybridized carbons (Fsp3) is 0.373. The van der Waals surface area contributed by atoms with E-state index in [1.807, 2.05) is 54.0 Å². The van der Waals surface area contributed by atoms with E-state index in [-0.39, 0.29) is 21.8 Å². The number of H-pyrrole nitrogens is 5. The molecular formula is C75H90Cl3F6N11O5S5. The van der Waals surface area contributed by atoms with Crippen molar-refractivity contribution in [3.63, 3.8) is 0 Å². The van der Waals surface area contributed by atoms with Gasteiger partial charge in [0, 0.05) is 225 Å². The van der Waals surface area contributed by atoms with Gasteiger partial charge in [-0.3, -0.25) is 16.8 Å². The molecule has 4 saturated heterocycles. The summed E-state index contributed by atoms with van der Waals surface area (Å²) in [5.41, 5.74) is 10.3. The molecule has 10 heterocycles. The third kappa shape index (κ3) is 19.3. The molecule has 0 radical (unpaired) electrons. The topological polar surface area (TPSA) is 207 Å². The normalized spacial score (nSPS) is 20.6. The number of nitrogens with two attached hydrogens (primary N) is 1. The number of nitrogens with one attached hydrogen (secondary N) is 5. The summed E-state index contributed by atoms with van der Waals surface area (Å²) in [5, 5.41) is 11.3. The summed E-state index contributed by atoms with van der Waals surface area (Å²) < 4.78 is 148. The molecule has 5 unspecified atom stereocenters. The average Bonchev–Trinajstić information content (AvgIpc) is 1.73. The molecule has 0 amide bonds. The summed E-state index contributed by atoms with van der Waals surface area (Å²) in [5.74, 6) is 18.8. The van der Waals surface area contributed by atoms with E-state index in [0.717, 1.165) is 156 Å². The number of halogens is 9. The largest absolute Gasteiger partial charge is 0.416 e. The van der Waals surface area contributed by atoms with E-state index in [4.69, 9.17) is 39.9 Å². The summed E-state index contributed by atoms with van der Waals surface area (Å²) in [4.78, 5) is 15.7. The third-order valence-corrected chi connectivity index (χ3v) is 28.4. The number of alkyl halides is 3. The molecule has 4 fully saturated rings.